The summed E-state index contributed by atoms with van der Waals surface area (Å²) in [5.74, 6) is 0.528. The first-order chi connectivity index (χ1) is 10.2. The fourth-order valence-corrected chi connectivity index (χ4v) is 2.21. The Morgan fingerprint density at radius 2 is 2.00 bits per heavy atom. The van der Waals surface area contributed by atoms with Gasteiger partial charge in [0.1, 0.15) is 11.6 Å². The largest absolute Gasteiger partial charge is 0.493 e. The molecule has 0 aliphatic heterocycles. The van der Waals surface area contributed by atoms with Gasteiger partial charge in [0.05, 0.1) is 6.61 Å². The van der Waals surface area contributed by atoms with E-state index in [0.717, 1.165) is 50.0 Å². The smallest absolute Gasteiger partial charge is 0.124 e. The van der Waals surface area contributed by atoms with Gasteiger partial charge in [0.15, 0.2) is 0 Å². The number of rotatable bonds is 11. The van der Waals surface area contributed by atoms with Crippen LogP contribution in [0.1, 0.15) is 57.6 Å². The predicted molar refractivity (Wildman–Crippen MR) is 84.2 cm³/mol. The fourth-order valence-electron chi connectivity index (χ4n) is 2.21. The summed E-state index contributed by atoms with van der Waals surface area (Å²) in [6, 6.07) is 4.78. The molecule has 1 unspecified atom stereocenters. The van der Waals surface area contributed by atoms with Crippen LogP contribution >= 0.6 is 0 Å². The van der Waals surface area contributed by atoms with Crippen LogP contribution in [0.25, 0.3) is 0 Å². The van der Waals surface area contributed by atoms with Gasteiger partial charge in [-0.05, 0) is 57.4 Å². The number of aliphatic hydroxyl groups excluding tert-OH is 1. The van der Waals surface area contributed by atoms with E-state index in [1.54, 1.807) is 12.1 Å². The molecule has 0 aromatic heterocycles. The third kappa shape index (κ3) is 6.91. The number of aliphatic hydroxyl groups is 1. The second-order valence-electron chi connectivity index (χ2n) is 5.34. The standard InChI is InChI=1S/C17H28FNO2/c1-3-10-19-14(2)16-13-15(18)8-9-17(16)21-12-7-5-4-6-11-20/h8-9,13-14,19-20H,3-7,10-12H2,1-2H3. The highest BCUT2D eigenvalue weighted by Gasteiger charge is 2.12. The molecular weight excluding hydrogens is 269 g/mol. The van der Waals surface area contributed by atoms with Crippen LogP contribution in [-0.2, 0) is 0 Å². The molecule has 0 saturated heterocycles. The van der Waals surface area contributed by atoms with Crippen molar-refractivity contribution in [1.82, 2.24) is 5.32 Å². The lowest BCUT2D eigenvalue weighted by atomic mass is 10.1. The number of ether oxygens (including phenoxy) is 1. The first-order valence-electron chi connectivity index (χ1n) is 7.95. The Morgan fingerprint density at radius 1 is 1.24 bits per heavy atom. The Morgan fingerprint density at radius 3 is 2.71 bits per heavy atom. The Kier molecular flexibility index (Phi) is 9.02. The van der Waals surface area contributed by atoms with Crippen LogP contribution in [0.2, 0.25) is 0 Å². The van der Waals surface area contributed by atoms with Crippen molar-refractivity contribution >= 4 is 0 Å². The van der Waals surface area contributed by atoms with Gasteiger partial charge in [-0.2, -0.15) is 0 Å². The Balaban J connectivity index is 2.52. The first kappa shape index (κ1) is 17.9. The lowest BCUT2D eigenvalue weighted by Gasteiger charge is -2.18. The van der Waals surface area contributed by atoms with E-state index >= 15 is 0 Å². The van der Waals surface area contributed by atoms with E-state index in [1.165, 1.54) is 6.07 Å². The van der Waals surface area contributed by atoms with E-state index in [9.17, 15) is 4.39 Å². The lowest BCUT2D eigenvalue weighted by Crippen LogP contribution is -2.20. The predicted octanol–water partition coefficient (Wildman–Crippen LogP) is 3.82. The van der Waals surface area contributed by atoms with E-state index in [1.807, 2.05) is 6.92 Å². The quantitative estimate of drug-likeness (QED) is 0.610. The average molecular weight is 297 g/mol. The highest BCUT2D eigenvalue weighted by molar-refractivity contribution is 5.36. The maximum Gasteiger partial charge on any atom is 0.124 e. The number of unbranched alkanes of at least 4 members (excludes halogenated alkanes) is 3. The molecule has 4 heteroatoms. The summed E-state index contributed by atoms with van der Waals surface area (Å²) in [6.45, 7) is 5.92. The van der Waals surface area contributed by atoms with E-state index in [-0.39, 0.29) is 18.5 Å². The molecule has 0 aliphatic carbocycles. The molecule has 3 nitrogen and oxygen atoms in total. The number of nitrogens with one attached hydrogen (secondary N) is 1. The summed E-state index contributed by atoms with van der Waals surface area (Å²) in [5.41, 5.74) is 0.874. The van der Waals surface area contributed by atoms with Gasteiger partial charge in [-0.15, -0.1) is 0 Å². The molecule has 1 atom stereocenters. The van der Waals surface area contributed by atoms with Crippen LogP contribution in [0.5, 0.6) is 5.75 Å². The Hall–Kier alpha value is -1.13. The van der Waals surface area contributed by atoms with Crippen molar-refractivity contribution in [3.8, 4) is 5.75 Å². The van der Waals surface area contributed by atoms with Crippen molar-refractivity contribution in [2.75, 3.05) is 19.8 Å². The minimum Gasteiger partial charge on any atom is -0.493 e. The molecule has 1 rings (SSSR count). The van der Waals surface area contributed by atoms with Crippen molar-refractivity contribution < 1.29 is 14.2 Å². The molecule has 0 heterocycles. The molecular formula is C17H28FNO2. The molecule has 21 heavy (non-hydrogen) atoms. The number of benzene rings is 1. The summed E-state index contributed by atoms with van der Waals surface area (Å²) in [6.07, 6.45) is 4.90. The molecule has 2 N–H and O–H groups in total. The van der Waals surface area contributed by atoms with Crippen LogP contribution in [0.15, 0.2) is 18.2 Å². The molecule has 0 saturated carbocycles. The van der Waals surface area contributed by atoms with Crippen LogP contribution in [-0.4, -0.2) is 24.9 Å². The highest BCUT2D eigenvalue weighted by Crippen LogP contribution is 2.26. The van der Waals surface area contributed by atoms with Crippen LogP contribution in [0.4, 0.5) is 4.39 Å². The molecule has 0 aliphatic rings. The summed E-state index contributed by atoms with van der Waals surface area (Å²) in [4.78, 5) is 0. The normalized spacial score (nSPS) is 12.4. The maximum atomic E-state index is 13.5. The van der Waals surface area contributed by atoms with Crippen LogP contribution in [0, 0.1) is 5.82 Å². The SMILES string of the molecule is CCCNC(C)c1cc(F)ccc1OCCCCCCO. The second kappa shape index (κ2) is 10.6. The zero-order chi connectivity index (χ0) is 15.5. The van der Waals surface area contributed by atoms with Crippen LogP contribution in [0.3, 0.4) is 0 Å². The molecule has 0 amide bonds. The number of hydrogen-bond donors (Lipinski definition) is 2. The van der Waals surface area contributed by atoms with Crippen molar-refractivity contribution in [3.05, 3.63) is 29.6 Å². The van der Waals surface area contributed by atoms with E-state index in [4.69, 9.17) is 9.84 Å². The monoisotopic (exact) mass is 297 g/mol. The fraction of sp³-hybridized carbons (Fsp3) is 0.647. The maximum absolute atomic E-state index is 13.5. The zero-order valence-electron chi connectivity index (χ0n) is 13.2. The topological polar surface area (TPSA) is 41.5 Å². The van der Waals surface area contributed by atoms with Crippen LogP contribution < -0.4 is 10.1 Å². The van der Waals surface area contributed by atoms with Crippen molar-refractivity contribution in [3.63, 3.8) is 0 Å². The second-order valence-corrected chi connectivity index (χ2v) is 5.34. The molecule has 1 aromatic rings. The van der Waals surface area contributed by atoms with E-state index in [0.29, 0.717) is 6.61 Å². The average Bonchev–Trinajstić information content (AvgIpc) is 2.49. The number of hydrogen-bond acceptors (Lipinski definition) is 3. The Bertz CT molecular complexity index is 398. The van der Waals surface area contributed by atoms with E-state index in [2.05, 4.69) is 12.2 Å². The highest BCUT2D eigenvalue weighted by atomic mass is 19.1. The lowest BCUT2D eigenvalue weighted by molar-refractivity contribution is 0.272. The minimum atomic E-state index is -0.231. The van der Waals surface area contributed by atoms with Gasteiger partial charge in [0.25, 0.3) is 0 Å². The van der Waals surface area contributed by atoms with E-state index < -0.39 is 0 Å². The van der Waals surface area contributed by atoms with Crippen molar-refractivity contribution in [2.45, 2.75) is 52.0 Å². The summed E-state index contributed by atoms with van der Waals surface area (Å²) in [7, 11) is 0. The zero-order valence-corrected chi connectivity index (χ0v) is 13.2. The molecule has 0 fully saturated rings. The molecule has 120 valence electrons. The summed E-state index contributed by atoms with van der Waals surface area (Å²) < 4.78 is 19.3. The first-order valence-corrected chi connectivity index (χ1v) is 7.95. The van der Waals surface area contributed by atoms with Gasteiger partial charge in [-0.25, -0.2) is 4.39 Å². The Labute approximate surface area is 127 Å². The van der Waals surface area contributed by atoms with Gasteiger partial charge < -0.3 is 15.2 Å². The number of halogens is 1. The van der Waals surface area contributed by atoms with Gasteiger partial charge in [0.2, 0.25) is 0 Å². The third-order valence-corrected chi connectivity index (χ3v) is 3.45. The van der Waals surface area contributed by atoms with Gasteiger partial charge >= 0.3 is 0 Å². The molecule has 0 spiro atoms. The van der Waals surface area contributed by atoms with Crippen molar-refractivity contribution in [2.24, 2.45) is 0 Å². The van der Waals surface area contributed by atoms with Gasteiger partial charge in [-0.1, -0.05) is 13.3 Å². The molecule has 0 radical (unpaired) electrons. The minimum absolute atomic E-state index is 0.0741. The van der Waals surface area contributed by atoms with Gasteiger partial charge in [-0.3, -0.25) is 0 Å². The molecule has 1 aromatic carbocycles. The van der Waals surface area contributed by atoms with Crippen molar-refractivity contribution in [1.29, 1.82) is 0 Å². The summed E-state index contributed by atoms with van der Waals surface area (Å²) >= 11 is 0. The third-order valence-electron chi connectivity index (χ3n) is 3.45. The van der Waals surface area contributed by atoms with Gasteiger partial charge in [0, 0.05) is 18.2 Å². The summed E-state index contributed by atoms with van der Waals surface area (Å²) in [5, 5.41) is 12.1. The molecule has 0 bridgehead atoms.